The van der Waals surface area contributed by atoms with E-state index >= 15 is 0 Å². The molecule has 9 heteroatoms. The van der Waals surface area contributed by atoms with Gasteiger partial charge >= 0.3 is 6.18 Å². The van der Waals surface area contributed by atoms with Gasteiger partial charge in [-0.25, -0.2) is 9.07 Å². The molecule has 1 aromatic heterocycles. The smallest absolute Gasteiger partial charge is 0.296 e. The molecule has 3 aromatic carbocycles. The lowest BCUT2D eigenvalue weighted by Gasteiger charge is -2.38. The van der Waals surface area contributed by atoms with Crippen LogP contribution in [0.25, 0.3) is 5.69 Å². The number of aromatic nitrogens is 2. The quantitative estimate of drug-likeness (QED) is 0.182. The van der Waals surface area contributed by atoms with E-state index in [0.29, 0.717) is 30.0 Å². The van der Waals surface area contributed by atoms with E-state index < -0.39 is 35.2 Å². The molecule has 1 amide bonds. The summed E-state index contributed by atoms with van der Waals surface area (Å²) >= 11 is 0. The summed E-state index contributed by atoms with van der Waals surface area (Å²) in [5.41, 5.74) is 1.67. The van der Waals surface area contributed by atoms with Crippen LogP contribution in [-0.4, -0.2) is 28.0 Å². The number of amides is 1. The van der Waals surface area contributed by atoms with Crippen molar-refractivity contribution in [2.24, 2.45) is 5.92 Å². The van der Waals surface area contributed by atoms with E-state index in [-0.39, 0.29) is 17.9 Å². The minimum absolute atomic E-state index is 0.120. The first kappa shape index (κ1) is 27.3. The Morgan fingerprint density at radius 3 is 2.33 bits per heavy atom. The maximum Gasteiger partial charge on any atom is 0.416 e. The van der Waals surface area contributed by atoms with Gasteiger partial charge in [0, 0.05) is 30.0 Å². The Kier molecular flexibility index (Phi) is 7.31. The monoisotopic (exact) mass is 549 g/mol. The Hall–Kier alpha value is -4.27. The van der Waals surface area contributed by atoms with Crippen molar-refractivity contribution < 1.29 is 27.2 Å². The van der Waals surface area contributed by atoms with Gasteiger partial charge < -0.3 is 0 Å². The maximum atomic E-state index is 14.2. The van der Waals surface area contributed by atoms with Crippen LogP contribution in [0, 0.1) is 18.7 Å². The first-order valence-electron chi connectivity index (χ1n) is 13.0. The summed E-state index contributed by atoms with van der Waals surface area (Å²) < 4.78 is 55.7. The molecule has 5 nitrogen and oxygen atoms in total. The molecule has 2 atom stereocenters. The predicted molar refractivity (Wildman–Crippen MR) is 143 cm³/mol. The van der Waals surface area contributed by atoms with E-state index in [0.717, 1.165) is 23.4 Å². The molecule has 1 aliphatic heterocycles. The number of para-hydroxylation sites is 1. The normalized spacial score (nSPS) is 17.1. The lowest BCUT2D eigenvalue weighted by Crippen LogP contribution is -2.45. The number of nitrogens with zero attached hydrogens (tertiary/aromatic N) is 3. The van der Waals surface area contributed by atoms with Gasteiger partial charge in [0.2, 0.25) is 5.91 Å². The van der Waals surface area contributed by atoms with Crippen LogP contribution in [0.15, 0.2) is 78.9 Å². The van der Waals surface area contributed by atoms with E-state index in [2.05, 4.69) is 0 Å². The van der Waals surface area contributed by atoms with Gasteiger partial charge in [-0.3, -0.25) is 14.5 Å². The summed E-state index contributed by atoms with van der Waals surface area (Å²) in [7, 11) is 0. The number of rotatable bonds is 7. The Morgan fingerprint density at radius 2 is 1.68 bits per heavy atom. The van der Waals surface area contributed by atoms with Crippen LogP contribution in [0.3, 0.4) is 0 Å². The molecule has 0 fully saturated rings. The van der Waals surface area contributed by atoms with Crippen LogP contribution in [0.4, 0.5) is 23.4 Å². The molecule has 40 heavy (non-hydrogen) atoms. The van der Waals surface area contributed by atoms with E-state index in [1.165, 1.54) is 24.3 Å². The maximum absolute atomic E-state index is 14.2. The second-order valence-corrected chi connectivity index (χ2v) is 9.90. The number of carbonyl (C=O) groups is 2. The highest BCUT2D eigenvalue weighted by Gasteiger charge is 2.45. The van der Waals surface area contributed by atoms with Crippen molar-refractivity contribution in [1.82, 2.24) is 9.78 Å². The molecule has 4 aromatic rings. The number of Topliss-reactive ketones (excluding diaryl/α,β-unsaturated/α-hetero) is 1. The van der Waals surface area contributed by atoms with E-state index in [1.54, 1.807) is 21.7 Å². The van der Waals surface area contributed by atoms with Crippen molar-refractivity contribution in [3.63, 3.8) is 0 Å². The average molecular weight is 550 g/mol. The fourth-order valence-electron chi connectivity index (χ4n) is 5.45. The molecule has 0 unspecified atom stereocenters. The molecule has 0 bridgehead atoms. The second kappa shape index (κ2) is 10.7. The zero-order chi connectivity index (χ0) is 28.6. The second-order valence-electron chi connectivity index (χ2n) is 9.90. The summed E-state index contributed by atoms with van der Waals surface area (Å²) in [6.07, 6.45) is -4.30. The van der Waals surface area contributed by atoms with E-state index in [9.17, 15) is 27.2 Å². The lowest BCUT2D eigenvalue weighted by atomic mass is 9.74. The van der Waals surface area contributed by atoms with Gasteiger partial charge in [0.15, 0.2) is 5.78 Å². The van der Waals surface area contributed by atoms with Crippen LogP contribution >= 0.6 is 0 Å². The van der Waals surface area contributed by atoms with Crippen molar-refractivity contribution in [2.45, 2.75) is 38.8 Å². The molecule has 1 aliphatic rings. The fourth-order valence-corrected chi connectivity index (χ4v) is 5.45. The van der Waals surface area contributed by atoms with Gasteiger partial charge in [-0.15, -0.1) is 0 Å². The van der Waals surface area contributed by atoms with Gasteiger partial charge in [0.05, 0.1) is 22.9 Å². The van der Waals surface area contributed by atoms with Crippen LogP contribution < -0.4 is 4.90 Å². The number of hydrogen-bond donors (Lipinski definition) is 0. The highest BCUT2D eigenvalue weighted by molar-refractivity contribution is 6.04. The molecule has 0 saturated heterocycles. The van der Waals surface area contributed by atoms with Gasteiger partial charge in [0.25, 0.3) is 0 Å². The number of hydrogen-bond acceptors (Lipinski definition) is 3. The zero-order valence-corrected chi connectivity index (χ0v) is 22.0. The molecule has 0 N–H and O–H groups in total. The van der Waals surface area contributed by atoms with Gasteiger partial charge in [0.1, 0.15) is 11.6 Å². The molecule has 0 aliphatic carbocycles. The molecule has 5 rings (SSSR count). The number of aryl methyl sites for hydroxylation is 1. The summed E-state index contributed by atoms with van der Waals surface area (Å²) in [6.45, 7) is 4.10. The minimum atomic E-state index is -4.61. The number of fused-ring (bicyclic) bond motifs is 1. The SMILES string of the molecule is CCCN1C(=O)[C@@H](CC(=O)c2cccc(C(F)(F)F)c2)[C@@H](c2ccc(F)cc2)c2c(C)nn(-c3ccccc3)c21. The van der Waals surface area contributed by atoms with Crippen LogP contribution in [-0.2, 0) is 11.0 Å². The van der Waals surface area contributed by atoms with Crippen molar-refractivity contribution in [3.05, 3.63) is 113 Å². The topological polar surface area (TPSA) is 55.2 Å². The number of ketones is 1. The Balaban J connectivity index is 1.66. The van der Waals surface area contributed by atoms with Crippen LogP contribution in [0.2, 0.25) is 0 Å². The van der Waals surface area contributed by atoms with Crippen LogP contribution in [0.1, 0.15) is 58.4 Å². The highest BCUT2D eigenvalue weighted by Crippen LogP contribution is 2.47. The Labute approximate surface area is 229 Å². The van der Waals surface area contributed by atoms with E-state index in [4.69, 9.17) is 5.10 Å². The average Bonchev–Trinajstić information content (AvgIpc) is 3.28. The summed E-state index contributed by atoms with van der Waals surface area (Å²) in [5, 5.41) is 4.77. The predicted octanol–water partition coefficient (Wildman–Crippen LogP) is 7.12. The number of benzene rings is 3. The van der Waals surface area contributed by atoms with Crippen molar-refractivity contribution >= 4 is 17.5 Å². The number of anilines is 1. The third kappa shape index (κ3) is 5.03. The van der Waals surface area contributed by atoms with Crippen LogP contribution in [0.5, 0.6) is 0 Å². The van der Waals surface area contributed by atoms with Gasteiger partial charge in [-0.05, 0) is 55.3 Å². The van der Waals surface area contributed by atoms with Gasteiger partial charge in [-0.2, -0.15) is 18.3 Å². The lowest BCUT2D eigenvalue weighted by molar-refractivity contribution is -0.137. The molecular weight excluding hydrogens is 522 g/mol. The summed E-state index contributed by atoms with van der Waals surface area (Å²) in [6, 6.07) is 19.3. The zero-order valence-electron chi connectivity index (χ0n) is 22.0. The minimum Gasteiger partial charge on any atom is -0.296 e. The highest BCUT2D eigenvalue weighted by atomic mass is 19.4. The molecule has 0 spiro atoms. The summed E-state index contributed by atoms with van der Waals surface area (Å²) in [4.78, 5) is 29.2. The molecule has 0 saturated carbocycles. The number of carbonyl (C=O) groups excluding carboxylic acids is 2. The standard InChI is InChI=1S/C31H27F4N3O2/c1-3-16-37-29-27(19(2)36-38(29)24-10-5-4-6-11-24)28(20-12-14-23(32)15-13-20)25(30(37)40)18-26(39)21-8-7-9-22(17-21)31(33,34)35/h4-15,17,25,28H,3,16,18H2,1-2H3/t25-,28+/m0/s1. The summed E-state index contributed by atoms with van der Waals surface area (Å²) in [5.74, 6) is -2.38. The Morgan fingerprint density at radius 1 is 0.975 bits per heavy atom. The van der Waals surface area contributed by atoms with Crippen molar-refractivity contribution in [1.29, 1.82) is 0 Å². The molecule has 206 valence electrons. The number of alkyl halides is 3. The fraction of sp³-hybridized carbons (Fsp3) is 0.258. The first-order chi connectivity index (χ1) is 19.1. The molecule has 0 radical (unpaired) electrons. The third-order valence-electron chi connectivity index (χ3n) is 7.23. The number of halogens is 4. The largest absolute Gasteiger partial charge is 0.416 e. The van der Waals surface area contributed by atoms with Gasteiger partial charge in [-0.1, -0.05) is 49.4 Å². The molecular formula is C31H27F4N3O2. The first-order valence-corrected chi connectivity index (χ1v) is 13.0. The van der Waals surface area contributed by atoms with E-state index in [1.807, 2.05) is 44.2 Å². The third-order valence-corrected chi connectivity index (χ3v) is 7.23. The Bertz CT molecular complexity index is 1550. The van der Waals surface area contributed by atoms with Crippen molar-refractivity contribution in [2.75, 3.05) is 11.4 Å². The molecule has 2 heterocycles. The van der Waals surface area contributed by atoms with Crippen molar-refractivity contribution in [3.8, 4) is 5.69 Å².